The number of benzene rings is 2. The molecule has 0 saturated carbocycles. The van der Waals surface area contributed by atoms with Gasteiger partial charge >= 0.3 is 0 Å². The second-order valence-electron chi connectivity index (χ2n) is 6.58. The van der Waals surface area contributed by atoms with Crippen LogP contribution in [-0.4, -0.2) is 27.9 Å². The Morgan fingerprint density at radius 3 is 2.17 bits per heavy atom. The third-order valence-electron chi connectivity index (χ3n) is 3.60. The van der Waals surface area contributed by atoms with Gasteiger partial charge in [-0.3, -0.25) is 0 Å². The van der Waals surface area contributed by atoms with E-state index in [1.54, 1.807) is 31.4 Å². The first-order chi connectivity index (χ1) is 11.3. The summed E-state index contributed by atoms with van der Waals surface area (Å²) < 4.78 is 35.8. The molecule has 0 heterocycles. The van der Waals surface area contributed by atoms with Crippen molar-refractivity contribution in [2.75, 3.05) is 19.5 Å². The molecule has 0 N–H and O–H groups in total. The molecule has 2 rings (SSSR count). The summed E-state index contributed by atoms with van der Waals surface area (Å²) in [4.78, 5) is 0.355. The molecule has 0 aromatic heterocycles. The zero-order valence-electron chi connectivity index (χ0n) is 14.4. The molecule has 0 unspecified atom stereocenters. The van der Waals surface area contributed by atoms with Crippen LogP contribution in [0.15, 0.2) is 59.5 Å². The molecule has 2 aromatic rings. The molecule has 0 atom stereocenters. The molecule has 24 heavy (non-hydrogen) atoms. The van der Waals surface area contributed by atoms with E-state index >= 15 is 0 Å². The fraction of sp³-hybridized carbons (Fsp3) is 0.368. The van der Waals surface area contributed by atoms with E-state index in [2.05, 4.69) is 0 Å². The molecular weight excluding hydrogens is 324 g/mol. The standard InChI is InChI=1S/C19H24O4S/c1-19(2,15-24(20,21)18-7-5-4-6-8-18)14-23-13-16-9-11-17(22-3)12-10-16/h4-12H,13-15H2,1-3H3. The fourth-order valence-corrected chi connectivity index (χ4v) is 4.28. The Morgan fingerprint density at radius 2 is 1.58 bits per heavy atom. The van der Waals surface area contributed by atoms with Gasteiger partial charge in [-0.05, 0) is 29.8 Å². The van der Waals surface area contributed by atoms with E-state index in [0.717, 1.165) is 11.3 Å². The average molecular weight is 348 g/mol. The van der Waals surface area contributed by atoms with Gasteiger partial charge in [-0.1, -0.05) is 44.2 Å². The van der Waals surface area contributed by atoms with Crippen LogP contribution in [0.1, 0.15) is 19.4 Å². The molecule has 0 aliphatic carbocycles. The Labute approximate surface area is 144 Å². The molecule has 2 aromatic carbocycles. The average Bonchev–Trinajstić information content (AvgIpc) is 2.55. The quantitative estimate of drug-likeness (QED) is 0.730. The van der Waals surface area contributed by atoms with E-state index in [0.29, 0.717) is 18.1 Å². The first kappa shape index (κ1) is 18.5. The van der Waals surface area contributed by atoms with E-state index in [9.17, 15) is 8.42 Å². The van der Waals surface area contributed by atoms with Crippen molar-refractivity contribution in [2.24, 2.45) is 5.41 Å². The van der Waals surface area contributed by atoms with E-state index in [-0.39, 0.29) is 5.75 Å². The maximum atomic E-state index is 12.5. The smallest absolute Gasteiger partial charge is 0.178 e. The molecule has 0 spiro atoms. The second kappa shape index (κ2) is 7.81. The maximum absolute atomic E-state index is 12.5. The molecule has 0 fully saturated rings. The minimum atomic E-state index is -3.32. The summed E-state index contributed by atoms with van der Waals surface area (Å²) >= 11 is 0. The van der Waals surface area contributed by atoms with Crippen molar-refractivity contribution in [1.82, 2.24) is 0 Å². The van der Waals surface area contributed by atoms with Gasteiger partial charge in [0, 0.05) is 5.41 Å². The molecule has 4 nitrogen and oxygen atoms in total. The third-order valence-corrected chi connectivity index (χ3v) is 5.76. The molecule has 0 amide bonds. The van der Waals surface area contributed by atoms with Crippen molar-refractivity contribution in [3.63, 3.8) is 0 Å². The van der Waals surface area contributed by atoms with Crippen LogP contribution >= 0.6 is 0 Å². The summed E-state index contributed by atoms with van der Waals surface area (Å²) in [7, 11) is -1.69. The van der Waals surface area contributed by atoms with Crippen LogP contribution < -0.4 is 4.74 Å². The van der Waals surface area contributed by atoms with Crippen LogP contribution in [0.2, 0.25) is 0 Å². The van der Waals surface area contributed by atoms with Gasteiger partial charge in [-0.2, -0.15) is 0 Å². The van der Waals surface area contributed by atoms with Crippen LogP contribution in [0.5, 0.6) is 5.75 Å². The van der Waals surface area contributed by atoms with Gasteiger partial charge in [-0.25, -0.2) is 8.42 Å². The Hall–Kier alpha value is -1.85. The summed E-state index contributed by atoms with van der Waals surface area (Å²) in [6, 6.07) is 16.2. The highest BCUT2D eigenvalue weighted by molar-refractivity contribution is 7.91. The Bertz CT molecular complexity index is 735. The second-order valence-corrected chi connectivity index (χ2v) is 8.57. The van der Waals surface area contributed by atoms with Crippen LogP contribution in [0, 0.1) is 5.41 Å². The molecule has 0 aliphatic heterocycles. The van der Waals surface area contributed by atoms with Gasteiger partial charge in [0.1, 0.15) is 5.75 Å². The lowest BCUT2D eigenvalue weighted by Crippen LogP contribution is -2.29. The topological polar surface area (TPSA) is 52.6 Å². The number of ether oxygens (including phenoxy) is 2. The Balaban J connectivity index is 1.91. The third kappa shape index (κ3) is 5.35. The first-order valence-corrected chi connectivity index (χ1v) is 9.46. The predicted molar refractivity (Wildman–Crippen MR) is 94.9 cm³/mol. The van der Waals surface area contributed by atoms with Crippen molar-refractivity contribution in [3.05, 3.63) is 60.2 Å². The number of hydrogen-bond acceptors (Lipinski definition) is 4. The SMILES string of the molecule is COc1ccc(COCC(C)(C)CS(=O)(=O)c2ccccc2)cc1. The summed E-state index contributed by atoms with van der Waals surface area (Å²) in [5.41, 5.74) is 0.554. The van der Waals surface area contributed by atoms with E-state index in [1.807, 2.05) is 44.2 Å². The minimum Gasteiger partial charge on any atom is -0.497 e. The van der Waals surface area contributed by atoms with E-state index in [4.69, 9.17) is 9.47 Å². The van der Waals surface area contributed by atoms with Crippen molar-refractivity contribution >= 4 is 9.84 Å². The molecule has 0 aliphatic rings. The molecule has 0 radical (unpaired) electrons. The number of rotatable bonds is 8. The van der Waals surface area contributed by atoms with Crippen molar-refractivity contribution in [2.45, 2.75) is 25.3 Å². The lowest BCUT2D eigenvalue weighted by atomic mass is 9.98. The minimum absolute atomic E-state index is 0.0482. The van der Waals surface area contributed by atoms with Gasteiger partial charge in [0.05, 0.1) is 31.0 Å². The van der Waals surface area contributed by atoms with Gasteiger partial charge < -0.3 is 9.47 Å². The highest BCUT2D eigenvalue weighted by atomic mass is 32.2. The van der Waals surface area contributed by atoms with Crippen molar-refractivity contribution in [1.29, 1.82) is 0 Å². The van der Waals surface area contributed by atoms with Crippen molar-refractivity contribution in [3.8, 4) is 5.75 Å². The first-order valence-electron chi connectivity index (χ1n) is 7.81. The fourth-order valence-electron chi connectivity index (χ4n) is 2.43. The van der Waals surface area contributed by atoms with Crippen LogP contribution in [0.3, 0.4) is 0 Å². The lowest BCUT2D eigenvalue weighted by molar-refractivity contribution is 0.0612. The van der Waals surface area contributed by atoms with Gasteiger partial charge in [-0.15, -0.1) is 0 Å². The molecule has 0 saturated heterocycles. The van der Waals surface area contributed by atoms with E-state index in [1.165, 1.54) is 0 Å². The largest absolute Gasteiger partial charge is 0.497 e. The lowest BCUT2D eigenvalue weighted by Gasteiger charge is -2.24. The molecule has 130 valence electrons. The highest BCUT2D eigenvalue weighted by Gasteiger charge is 2.27. The Morgan fingerprint density at radius 1 is 0.958 bits per heavy atom. The van der Waals surface area contributed by atoms with Crippen LogP contribution in [0.4, 0.5) is 0 Å². The van der Waals surface area contributed by atoms with Gasteiger partial charge in [0.15, 0.2) is 9.84 Å². The zero-order valence-corrected chi connectivity index (χ0v) is 15.2. The van der Waals surface area contributed by atoms with E-state index < -0.39 is 15.3 Å². The number of sulfone groups is 1. The zero-order chi connectivity index (χ0) is 17.6. The molecular formula is C19H24O4S. The monoisotopic (exact) mass is 348 g/mol. The summed E-state index contributed by atoms with van der Waals surface area (Å²) in [6.45, 7) is 4.62. The normalized spacial score (nSPS) is 12.1. The van der Waals surface area contributed by atoms with Crippen molar-refractivity contribution < 1.29 is 17.9 Å². The highest BCUT2D eigenvalue weighted by Crippen LogP contribution is 2.24. The number of hydrogen-bond donors (Lipinski definition) is 0. The summed E-state index contributed by atoms with van der Waals surface area (Å²) in [5, 5.41) is 0. The van der Waals surface area contributed by atoms with Gasteiger partial charge in [0.2, 0.25) is 0 Å². The van der Waals surface area contributed by atoms with Crippen LogP contribution in [0.25, 0.3) is 0 Å². The van der Waals surface area contributed by atoms with Crippen LogP contribution in [-0.2, 0) is 21.2 Å². The molecule has 0 bridgehead atoms. The summed E-state index contributed by atoms with van der Waals surface area (Å²) in [5.74, 6) is 0.847. The van der Waals surface area contributed by atoms with Gasteiger partial charge in [0.25, 0.3) is 0 Å². The molecule has 5 heteroatoms. The maximum Gasteiger partial charge on any atom is 0.178 e. The number of methoxy groups -OCH3 is 1. The predicted octanol–water partition coefficient (Wildman–Crippen LogP) is 3.71. The Kier molecular flexibility index (Phi) is 6.02. The summed E-state index contributed by atoms with van der Waals surface area (Å²) in [6.07, 6.45) is 0.